The normalized spacial score (nSPS) is 16.9. The summed E-state index contributed by atoms with van der Waals surface area (Å²) in [5.41, 5.74) is 3.35. The van der Waals surface area contributed by atoms with E-state index in [9.17, 15) is 19.5 Å². The second-order valence-electron chi connectivity index (χ2n) is 10.5. The van der Waals surface area contributed by atoms with E-state index in [1.54, 1.807) is 55.5 Å². The Morgan fingerprint density at radius 2 is 1.69 bits per heavy atom. The Morgan fingerprint density at radius 3 is 2.31 bits per heavy atom. The number of amides is 1. The van der Waals surface area contributed by atoms with Crippen molar-refractivity contribution in [2.75, 3.05) is 18.6 Å². The lowest BCUT2D eigenvalue weighted by molar-refractivity contribution is -0.132. The highest BCUT2D eigenvalue weighted by Gasteiger charge is 2.47. The molecule has 7 nitrogen and oxygen atoms in total. The molecule has 4 rings (SSSR count). The van der Waals surface area contributed by atoms with Crippen molar-refractivity contribution in [3.63, 3.8) is 0 Å². The molecule has 3 aromatic carbocycles. The Balaban J connectivity index is 1.93. The summed E-state index contributed by atoms with van der Waals surface area (Å²) in [4.78, 5) is 40.6. The Kier molecular flexibility index (Phi) is 7.63. The Hall–Kier alpha value is -4.39. The van der Waals surface area contributed by atoms with E-state index < -0.39 is 23.7 Å². The number of nitrogens with zero attached hydrogens (tertiary/aromatic N) is 1. The van der Waals surface area contributed by atoms with Crippen molar-refractivity contribution in [3.8, 4) is 5.75 Å². The molecule has 7 heteroatoms. The van der Waals surface area contributed by atoms with Gasteiger partial charge in [-0.1, -0.05) is 45.0 Å². The molecule has 0 saturated carbocycles. The molecule has 1 aliphatic heterocycles. The molecule has 1 fully saturated rings. The van der Waals surface area contributed by atoms with Crippen molar-refractivity contribution in [3.05, 3.63) is 100 Å². The van der Waals surface area contributed by atoms with Gasteiger partial charge >= 0.3 is 5.97 Å². The Bertz CT molecular complexity index is 1460. The molecule has 1 heterocycles. The van der Waals surface area contributed by atoms with Gasteiger partial charge < -0.3 is 14.6 Å². The van der Waals surface area contributed by atoms with E-state index in [4.69, 9.17) is 9.47 Å². The minimum absolute atomic E-state index is 0.0168. The van der Waals surface area contributed by atoms with Crippen LogP contribution in [0.4, 0.5) is 5.69 Å². The van der Waals surface area contributed by atoms with Gasteiger partial charge in [-0.2, -0.15) is 0 Å². The van der Waals surface area contributed by atoms with Crippen molar-refractivity contribution >= 4 is 29.1 Å². The quantitative estimate of drug-likeness (QED) is 0.180. The van der Waals surface area contributed by atoms with Crippen molar-refractivity contribution in [1.29, 1.82) is 0 Å². The maximum absolute atomic E-state index is 13.6. The number of carbonyl (C=O) groups is 3. The molecule has 1 amide bonds. The summed E-state index contributed by atoms with van der Waals surface area (Å²) in [7, 11) is 1.53. The lowest BCUT2D eigenvalue weighted by Gasteiger charge is -2.26. The van der Waals surface area contributed by atoms with E-state index in [2.05, 4.69) is 20.8 Å². The van der Waals surface area contributed by atoms with Crippen LogP contribution in [-0.2, 0) is 19.7 Å². The van der Waals surface area contributed by atoms with Crippen LogP contribution >= 0.6 is 0 Å². The van der Waals surface area contributed by atoms with Crippen molar-refractivity contribution < 1.29 is 29.0 Å². The summed E-state index contributed by atoms with van der Waals surface area (Å²) < 4.78 is 10.5. The summed E-state index contributed by atoms with van der Waals surface area (Å²) in [6, 6.07) is 18.2. The number of hydrogen-bond acceptors (Lipinski definition) is 6. The highest BCUT2D eigenvalue weighted by atomic mass is 16.5. The first-order chi connectivity index (χ1) is 18.5. The van der Waals surface area contributed by atoms with Gasteiger partial charge in [0.15, 0.2) is 0 Å². The topological polar surface area (TPSA) is 93.1 Å². The van der Waals surface area contributed by atoms with Gasteiger partial charge in [-0.3, -0.25) is 14.5 Å². The van der Waals surface area contributed by atoms with Crippen LogP contribution in [-0.4, -0.2) is 36.5 Å². The molecule has 0 bridgehead atoms. The molecule has 202 valence electrons. The zero-order chi connectivity index (χ0) is 28.5. The number of carbonyl (C=O) groups excluding carboxylic acids is 3. The van der Waals surface area contributed by atoms with Crippen LogP contribution in [0.2, 0.25) is 0 Å². The minimum atomic E-state index is -0.925. The zero-order valence-electron chi connectivity index (χ0n) is 23.1. The van der Waals surface area contributed by atoms with E-state index >= 15 is 0 Å². The number of aliphatic hydroxyl groups is 1. The number of ketones is 1. The maximum atomic E-state index is 13.6. The second kappa shape index (κ2) is 10.8. The fourth-order valence-electron chi connectivity index (χ4n) is 4.69. The maximum Gasteiger partial charge on any atom is 0.338 e. The molecule has 0 spiro atoms. The number of Topliss-reactive ketones (excluding diaryl/α,β-unsaturated/α-hetero) is 1. The first-order valence-corrected chi connectivity index (χ1v) is 12.8. The standard InChI is InChI=1S/C32H33NO6/c1-7-39-31(37)20-12-15-23(16-13-20)33-27(21-9-8-10-24(17-21)38-6)26(29(35)30(33)36)28(34)25-18-22(32(3,4)5)14-11-19(25)2/h8-18,27,34H,7H2,1-6H3/b28-26+. The molecular weight excluding hydrogens is 494 g/mol. The number of methoxy groups -OCH3 is 1. The van der Waals surface area contributed by atoms with E-state index in [1.165, 1.54) is 12.0 Å². The fourth-order valence-corrected chi connectivity index (χ4v) is 4.69. The molecule has 1 atom stereocenters. The van der Waals surface area contributed by atoms with Crippen LogP contribution in [0.5, 0.6) is 5.75 Å². The molecular formula is C32H33NO6. The Labute approximate surface area is 228 Å². The number of rotatable bonds is 6. The highest BCUT2D eigenvalue weighted by molar-refractivity contribution is 6.51. The van der Waals surface area contributed by atoms with Gasteiger partial charge in [0.25, 0.3) is 11.7 Å². The third kappa shape index (κ3) is 5.30. The van der Waals surface area contributed by atoms with Crippen molar-refractivity contribution in [1.82, 2.24) is 0 Å². The van der Waals surface area contributed by atoms with E-state index in [0.717, 1.165) is 11.1 Å². The number of ether oxygens (including phenoxy) is 2. The summed E-state index contributed by atoms with van der Waals surface area (Å²) in [6.45, 7) is 10.0. The number of benzene rings is 3. The Morgan fingerprint density at radius 1 is 1.00 bits per heavy atom. The first-order valence-electron chi connectivity index (χ1n) is 12.8. The first kappa shape index (κ1) is 27.6. The van der Waals surface area contributed by atoms with E-state index in [0.29, 0.717) is 28.1 Å². The van der Waals surface area contributed by atoms with Gasteiger partial charge in [-0.15, -0.1) is 0 Å². The van der Waals surface area contributed by atoms with E-state index in [-0.39, 0.29) is 23.4 Å². The van der Waals surface area contributed by atoms with Crippen LogP contribution < -0.4 is 9.64 Å². The summed E-state index contributed by atoms with van der Waals surface area (Å²) in [6.07, 6.45) is 0. The summed E-state index contributed by atoms with van der Waals surface area (Å²) in [5.74, 6) is -1.75. The monoisotopic (exact) mass is 527 g/mol. The molecule has 0 aromatic heterocycles. The van der Waals surface area contributed by atoms with Crippen LogP contribution in [0, 0.1) is 6.92 Å². The molecule has 0 aliphatic carbocycles. The molecule has 3 aromatic rings. The lowest BCUT2D eigenvalue weighted by Crippen LogP contribution is -2.29. The largest absolute Gasteiger partial charge is 0.507 e. The average Bonchev–Trinajstić information content (AvgIpc) is 3.18. The van der Waals surface area contributed by atoms with Gasteiger partial charge in [0.2, 0.25) is 0 Å². The van der Waals surface area contributed by atoms with Gasteiger partial charge in [-0.25, -0.2) is 4.79 Å². The van der Waals surface area contributed by atoms with Gasteiger partial charge in [0, 0.05) is 11.3 Å². The van der Waals surface area contributed by atoms with Crippen LogP contribution in [0.15, 0.2) is 72.3 Å². The third-order valence-electron chi connectivity index (χ3n) is 6.87. The van der Waals surface area contributed by atoms with Crippen LogP contribution in [0.25, 0.3) is 5.76 Å². The minimum Gasteiger partial charge on any atom is -0.507 e. The summed E-state index contributed by atoms with van der Waals surface area (Å²) in [5, 5.41) is 11.7. The fraction of sp³-hybridized carbons (Fsp3) is 0.281. The van der Waals surface area contributed by atoms with Gasteiger partial charge in [0.1, 0.15) is 11.5 Å². The number of aryl methyl sites for hydroxylation is 1. The predicted molar refractivity (Wildman–Crippen MR) is 150 cm³/mol. The molecule has 1 unspecified atom stereocenters. The summed E-state index contributed by atoms with van der Waals surface area (Å²) >= 11 is 0. The van der Waals surface area contributed by atoms with Crippen molar-refractivity contribution in [2.45, 2.75) is 46.1 Å². The molecule has 0 radical (unpaired) electrons. The van der Waals surface area contributed by atoms with Gasteiger partial charge in [0.05, 0.1) is 30.9 Å². The molecule has 1 N–H and O–H groups in total. The number of esters is 1. The molecule has 39 heavy (non-hydrogen) atoms. The number of hydrogen-bond donors (Lipinski definition) is 1. The predicted octanol–water partition coefficient (Wildman–Crippen LogP) is 6.10. The number of anilines is 1. The van der Waals surface area contributed by atoms with Crippen LogP contribution in [0.1, 0.15) is 66.3 Å². The van der Waals surface area contributed by atoms with Crippen molar-refractivity contribution in [2.24, 2.45) is 0 Å². The lowest BCUT2D eigenvalue weighted by atomic mass is 9.84. The average molecular weight is 528 g/mol. The smallest absolute Gasteiger partial charge is 0.338 e. The molecule has 1 aliphatic rings. The van der Waals surface area contributed by atoms with Gasteiger partial charge in [-0.05, 0) is 78.4 Å². The number of aliphatic hydroxyl groups excluding tert-OH is 1. The second-order valence-corrected chi connectivity index (χ2v) is 10.5. The molecule has 1 saturated heterocycles. The highest BCUT2D eigenvalue weighted by Crippen LogP contribution is 2.43. The SMILES string of the molecule is CCOC(=O)c1ccc(N2C(=O)C(=O)/C(=C(/O)c3cc(C(C)(C)C)ccc3C)C2c2cccc(OC)c2)cc1. The van der Waals surface area contributed by atoms with Crippen LogP contribution in [0.3, 0.4) is 0 Å². The third-order valence-corrected chi connectivity index (χ3v) is 6.87. The zero-order valence-corrected chi connectivity index (χ0v) is 23.1. The van der Waals surface area contributed by atoms with E-state index in [1.807, 2.05) is 25.1 Å².